The Kier molecular flexibility index (Phi) is 3.14. The molecule has 4 heteroatoms. The van der Waals surface area contributed by atoms with Crippen LogP contribution in [0, 0.1) is 11.3 Å². The molecule has 2 unspecified atom stereocenters. The van der Waals surface area contributed by atoms with Crippen LogP contribution in [0.25, 0.3) is 0 Å². The van der Waals surface area contributed by atoms with Crippen LogP contribution >= 0.6 is 15.9 Å². The van der Waals surface area contributed by atoms with E-state index >= 15 is 0 Å². The normalized spacial score (nSPS) is 24.4. The number of aromatic nitrogens is 2. The highest BCUT2D eigenvalue weighted by atomic mass is 79.9. The Labute approximate surface area is 106 Å². The first-order valence-corrected chi connectivity index (χ1v) is 6.67. The molecule has 0 aromatic carbocycles. The Hall–Kier alpha value is -0.350. The van der Waals surface area contributed by atoms with Gasteiger partial charge in [0.2, 0.25) is 0 Å². The molecule has 1 N–H and O–H groups in total. The Morgan fingerprint density at radius 1 is 1.69 bits per heavy atom. The molecule has 3 nitrogen and oxygen atoms in total. The summed E-state index contributed by atoms with van der Waals surface area (Å²) in [5, 5.41) is 7.90. The first-order chi connectivity index (χ1) is 7.47. The lowest BCUT2D eigenvalue weighted by Crippen LogP contribution is -2.26. The standard InChI is InChI=1S/C12H20BrN3/c1-5-14-10(8-6-12(8,2)3)11-9(13)7-15-16(11)4/h7-8,10,14H,5-6H2,1-4H3. The maximum Gasteiger partial charge on any atom is 0.0695 e. The van der Waals surface area contributed by atoms with E-state index in [1.807, 2.05) is 17.9 Å². The van der Waals surface area contributed by atoms with Crippen molar-refractivity contribution in [1.82, 2.24) is 15.1 Å². The van der Waals surface area contributed by atoms with Gasteiger partial charge in [-0.05, 0) is 40.2 Å². The lowest BCUT2D eigenvalue weighted by Gasteiger charge is -2.20. The molecule has 0 radical (unpaired) electrons. The van der Waals surface area contributed by atoms with Gasteiger partial charge in [0.05, 0.1) is 22.4 Å². The summed E-state index contributed by atoms with van der Waals surface area (Å²) >= 11 is 3.60. The number of hydrogen-bond donors (Lipinski definition) is 1. The minimum atomic E-state index is 0.418. The summed E-state index contributed by atoms with van der Waals surface area (Å²) in [4.78, 5) is 0. The number of aryl methyl sites for hydroxylation is 1. The Balaban J connectivity index is 2.27. The Bertz CT molecular complexity index is 364. The molecule has 1 aliphatic carbocycles. The summed E-state index contributed by atoms with van der Waals surface area (Å²) in [5.41, 5.74) is 1.74. The summed E-state index contributed by atoms with van der Waals surface area (Å²) in [7, 11) is 2.01. The van der Waals surface area contributed by atoms with Crippen molar-refractivity contribution in [3.05, 3.63) is 16.4 Å². The molecular weight excluding hydrogens is 266 g/mol. The second-order valence-electron chi connectivity index (χ2n) is 5.34. The Morgan fingerprint density at radius 2 is 2.31 bits per heavy atom. The van der Waals surface area contributed by atoms with Gasteiger partial charge in [0.25, 0.3) is 0 Å². The third kappa shape index (κ3) is 2.05. The van der Waals surface area contributed by atoms with Crippen LogP contribution < -0.4 is 5.32 Å². The third-order valence-electron chi connectivity index (χ3n) is 3.65. The average molecular weight is 286 g/mol. The molecule has 0 bridgehead atoms. The summed E-state index contributed by atoms with van der Waals surface area (Å²) in [6, 6.07) is 0.418. The lowest BCUT2D eigenvalue weighted by atomic mass is 10.0. The van der Waals surface area contributed by atoms with Crippen molar-refractivity contribution < 1.29 is 0 Å². The zero-order valence-corrected chi connectivity index (χ0v) is 12.0. The van der Waals surface area contributed by atoms with Gasteiger partial charge >= 0.3 is 0 Å². The summed E-state index contributed by atoms with van der Waals surface area (Å²) in [5.74, 6) is 0.721. The van der Waals surface area contributed by atoms with Crippen LogP contribution in [0.4, 0.5) is 0 Å². The van der Waals surface area contributed by atoms with E-state index in [4.69, 9.17) is 0 Å². The third-order valence-corrected chi connectivity index (χ3v) is 4.26. The predicted molar refractivity (Wildman–Crippen MR) is 69.2 cm³/mol. The summed E-state index contributed by atoms with van der Waals surface area (Å²) in [6.07, 6.45) is 3.18. The van der Waals surface area contributed by atoms with Crippen LogP contribution in [0.5, 0.6) is 0 Å². The second-order valence-corrected chi connectivity index (χ2v) is 6.19. The van der Waals surface area contributed by atoms with Crippen molar-refractivity contribution in [3.63, 3.8) is 0 Å². The van der Waals surface area contributed by atoms with Gasteiger partial charge in [-0.2, -0.15) is 5.10 Å². The van der Waals surface area contributed by atoms with E-state index in [0.717, 1.165) is 16.9 Å². The van der Waals surface area contributed by atoms with Crippen LogP contribution in [0.2, 0.25) is 0 Å². The molecule has 16 heavy (non-hydrogen) atoms. The molecule has 1 fully saturated rings. The predicted octanol–water partition coefficient (Wildman–Crippen LogP) is 2.88. The Morgan fingerprint density at radius 3 is 2.69 bits per heavy atom. The molecule has 1 aromatic rings. The number of rotatable bonds is 4. The molecule has 0 aliphatic heterocycles. The highest BCUT2D eigenvalue weighted by Crippen LogP contribution is 2.58. The fraction of sp³-hybridized carbons (Fsp3) is 0.750. The number of nitrogens with one attached hydrogen (secondary N) is 1. The van der Waals surface area contributed by atoms with E-state index < -0.39 is 0 Å². The van der Waals surface area contributed by atoms with Crippen LogP contribution in [0.15, 0.2) is 10.7 Å². The minimum Gasteiger partial charge on any atom is -0.309 e. The number of hydrogen-bond acceptors (Lipinski definition) is 2. The number of nitrogens with zero attached hydrogens (tertiary/aromatic N) is 2. The van der Waals surface area contributed by atoms with Crippen molar-refractivity contribution in [1.29, 1.82) is 0 Å². The first-order valence-electron chi connectivity index (χ1n) is 5.88. The monoisotopic (exact) mass is 285 g/mol. The average Bonchev–Trinajstić information content (AvgIpc) is 2.70. The van der Waals surface area contributed by atoms with Crippen LogP contribution in [-0.2, 0) is 7.05 Å². The molecule has 1 aromatic heterocycles. The molecular formula is C12H20BrN3. The van der Waals surface area contributed by atoms with Gasteiger partial charge in [0.15, 0.2) is 0 Å². The van der Waals surface area contributed by atoms with Gasteiger partial charge < -0.3 is 5.32 Å². The van der Waals surface area contributed by atoms with Crippen LogP contribution in [0.3, 0.4) is 0 Å². The molecule has 2 rings (SSSR count). The first kappa shape index (κ1) is 12.1. The second kappa shape index (κ2) is 4.15. The highest BCUT2D eigenvalue weighted by molar-refractivity contribution is 9.10. The van der Waals surface area contributed by atoms with E-state index in [9.17, 15) is 0 Å². The largest absolute Gasteiger partial charge is 0.309 e. The lowest BCUT2D eigenvalue weighted by molar-refractivity contribution is 0.402. The molecule has 1 saturated carbocycles. The quantitative estimate of drug-likeness (QED) is 0.922. The maximum absolute atomic E-state index is 4.31. The van der Waals surface area contributed by atoms with E-state index in [0.29, 0.717) is 11.5 Å². The molecule has 1 heterocycles. The van der Waals surface area contributed by atoms with Crippen LogP contribution in [-0.4, -0.2) is 16.3 Å². The van der Waals surface area contributed by atoms with Gasteiger partial charge in [-0.15, -0.1) is 0 Å². The van der Waals surface area contributed by atoms with Gasteiger partial charge in [0.1, 0.15) is 0 Å². The van der Waals surface area contributed by atoms with Gasteiger partial charge in [-0.25, -0.2) is 0 Å². The topological polar surface area (TPSA) is 29.9 Å². The zero-order valence-electron chi connectivity index (χ0n) is 10.4. The highest BCUT2D eigenvalue weighted by Gasteiger charge is 2.51. The molecule has 0 saturated heterocycles. The smallest absolute Gasteiger partial charge is 0.0695 e. The zero-order chi connectivity index (χ0) is 11.9. The summed E-state index contributed by atoms with van der Waals surface area (Å²) < 4.78 is 3.09. The molecule has 1 aliphatic rings. The SMILES string of the molecule is CCNC(c1c(Br)cnn1C)C1CC1(C)C. The van der Waals surface area contributed by atoms with E-state index in [1.165, 1.54) is 12.1 Å². The van der Waals surface area contributed by atoms with Gasteiger partial charge in [-0.1, -0.05) is 20.8 Å². The van der Waals surface area contributed by atoms with E-state index in [-0.39, 0.29) is 0 Å². The molecule has 2 atom stereocenters. The van der Waals surface area contributed by atoms with Crippen molar-refractivity contribution in [3.8, 4) is 0 Å². The van der Waals surface area contributed by atoms with Gasteiger partial charge in [-0.3, -0.25) is 4.68 Å². The molecule has 0 spiro atoms. The van der Waals surface area contributed by atoms with Crippen molar-refractivity contribution in [2.45, 2.75) is 33.2 Å². The van der Waals surface area contributed by atoms with Crippen molar-refractivity contribution >= 4 is 15.9 Å². The minimum absolute atomic E-state index is 0.418. The van der Waals surface area contributed by atoms with Crippen LogP contribution in [0.1, 0.15) is 38.9 Å². The fourth-order valence-corrected chi connectivity index (χ4v) is 3.09. The number of halogens is 1. The fourth-order valence-electron chi connectivity index (χ4n) is 2.50. The van der Waals surface area contributed by atoms with Crippen molar-refractivity contribution in [2.24, 2.45) is 18.4 Å². The van der Waals surface area contributed by atoms with E-state index in [2.05, 4.69) is 47.1 Å². The van der Waals surface area contributed by atoms with Crippen molar-refractivity contribution in [2.75, 3.05) is 6.54 Å². The maximum atomic E-state index is 4.31. The van der Waals surface area contributed by atoms with E-state index in [1.54, 1.807) is 0 Å². The van der Waals surface area contributed by atoms with Gasteiger partial charge in [0, 0.05) is 7.05 Å². The summed E-state index contributed by atoms with van der Waals surface area (Å²) in [6.45, 7) is 7.83. The molecule has 90 valence electrons. The molecule has 0 amide bonds.